The van der Waals surface area contributed by atoms with Crippen molar-refractivity contribution in [2.75, 3.05) is 27.7 Å². The molecule has 17 heteroatoms. The highest BCUT2D eigenvalue weighted by Gasteiger charge is 2.53. The molecule has 61 heavy (non-hydrogen) atoms. The molecule has 3 fully saturated rings. The molecule has 4 heterocycles. The number of aromatic nitrogens is 1. The van der Waals surface area contributed by atoms with Gasteiger partial charge in [-0.25, -0.2) is 4.79 Å². The van der Waals surface area contributed by atoms with Gasteiger partial charge in [-0.1, -0.05) is 20.8 Å². The molecular formula is C44H76N4O13. The van der Waals surface area contributed by atoms with Crippen molar-refractivity contribution in [2.45, 2.75) is 192 Å². The van der Waals surface area contributed by atoms with Crippen LogP contribution in [0.5, 0.6) is 0 Å². The number of carbonyl (C=O) groups is 2. The predicted molar refractivity (Wildman–Crippen MR) is 225 cm³/mol. The third-order valence-corrected chi connectivity index (χ3v) is 13.1. The third-order valence-electron chi connectivity index (χ3n) is 13.1. The molecule has 0 unspecified atom stereocenters. The molecule has 3 aliphatic rings. The Balaban J connectivity index is 1.77. The van der Waals surface area contributed by atoms with Crippen LogP contribution in [-0.2, 0) is 44.5 Å². The van der Waals surface area contributed by atoms with E-state index in [0.717, 1.165) is 5.56 Å². The molecule has 0 aromatic carbocycles. The average molecular weight is 869 g/mol. The van der Waals surface area contributed by atoms with Gasteiger partial charge in [0.25, 0.3) is 0 Å². The molecule has 18 atom stereocenters. The van der Waals surface area contributed by atoms with Gasteiger partial charge in [0.15, 0.2) is 18.7 Å². The van der Waals surface area contributed by atoms with Gasteiger partial charge in [0.05, 0.1) is 41.5 Å². The topological polar surface area (TPSA) is 220 Å². The summed E-state index contributed by atoms with van der Waals surface area (Å²) >= 11 is 0. The number of pyridine rings is 1. The monoisotopic (exact) mass is 869 g/mol. The number of aliphatic hydroxyl groups is 4. The summed E-state index contributed by atoms with van der Waals surface area (Å²) < 4.78 is 43.9. The predicted octanol–water partition coefficient (Wildman–Crippen LogP) is 2.89. The molecule has 0 radical (unpaired) electrons. The Morgan fingerprint density at radius 3 is 2.26 bits per heavy atom. The molecule has 17 nitrogen and oxygen atoms in total. The highest BCUT2D eigenvalue weighted by atomic mass is 16.7. The van der Waals surface area contributed by atoms with Crippen LogP contribution in [0.2, 0.25) is 0 Å². The van der Waals surface area contributed by atoms with Crippen molar-refractivity contribution < 1.29 is 63.2 Å². The Morgan fingerprint density at radius 2 is 1.66 bits per heavy atom. The molecule has 1 amide bonds. The summed E-state index contributed by atoms with van der Waals surface area (Å²) in [6, 6.07) is 2.54. The Labute approximate surface area is 362 Å². The van der Waals surface area contributed by atoms with E-state index >= 15 is 0 Å². The van der Waals surface area contributed by atoms with Crippen molar-refractivity contribution in [3.8, 4) is 0 Å². The van der Waals surface area contributed by atoms with E-state index in [1.807, 2.05) is 32.8 Å². The van der Waals surface area contributed by atoms with Crippen LogP contribution in [0.4, 0.5) is 4.79 Å². The number of hydrogen-bond acceptors (Lipinski definition) is 16. The van der Waals surface area contributed by atoms with Gasteiger partial charge < -0.3 is 69.1 Å². The summed E-state index contributed by atoms with van der Waals surface area (Å²) in [6.07, 6.45) is -6.30. The lowest BCUT2D eigenvalue weighted by molar-refractivity contribution is -0.318. The maximum absolute atomic E-state index is 14.6. The standard InChI is InChI=1S/C44H76N4O13/c1-14-32-44(10,54)38(61-41(52)47-23-30-15-17-45-18-16-30)28(6)46-22-24(2)20-42(8,53)37(60-40-34(49)31(48(11)12)19-25(3)56-40)26(4)35(27(5)39(51)58-32)59-33-21-43(9,55-13)36(50)29(7)57-33/h15-18,24-29,31-38,40,46,49-50,53-54H,14,19-23H2,1-13H3,(H,47,52)/t24-,25-,26+,27-,28+,29+,31+,32+,33+,34-,35+,36+,37-,38-,40+,42-,43-,44-/m1/s1. The second-order valence-electron chi connectivity index (χ2n) is 18.8. The van der Waals surface area contributed by atoms with Gasteiger partial charge in [0.2, 0.25) is 0 Å². The van der Waals surface area contributed by atoms with Crippen LogP contribution in [0, 0.1) is 17.8 Å². The molecule has 3 saturated heterocycles. The Kier molecular flexibility index (Phi) is 17.9. The van der Waals surface area contributed by atoms with E-state index in [-0.39, 0.29) is 43.9 Å². The molecule has 0 aliphatic carbocycles. The van der Waals surface area contributed by atoms with Crippen molar-refractivity contribution in [2.24, 2.45) is 17.8 Å². The Morgan fingerprint density at radius 1 is 1.00 bits per heavy atom. The molecule has 0 saturated carbocycles. The van der Waals surface area contributed by atoms with Crippen LogP contribution in [0.1, 0.15) is 100 Å². The highest BCUT2D eigenvalue weighted by Crippen LogP contribution is 2.40. The van der Waals surface area contributed by atoms with Gasteiger partial charge >= 0.3 is 12.1 Å². The van der Waals surface area contributed by atoms with E-state index in [4.69, 9.17) is 33.2 Å². The number of carbonyl (C=O) groups excluding carboxylic acids is 2. The lowest BCUT2D eigenvalue weighted by Crippen LogP contribution is -2.61. The molecule has 1 aromatic heterocycles. The number of aliphatic hydroxyl groups excluding tert-OH is 2. The Bertz CT molecular complexity index is 1540. The van der Waals surface area contributed by atoms with Crippen LogP contribution in [0.3, 0.4) is 0 Å². The SMILES string of the molecule is CC[C@@H]1OC(=O)[C@H](C)[C@@H](O[C@H]2C[C@@](C)(OC)[C@@H](O)[C@H](C)O2)[C@H](C)[C@@H](O[C@@H]2O[C@H](C)C[C@H](N(C)C)[C@H]2O)[C@](C)(O)C[C@@H](C)CN[C@@H](C)[C@@H](OC(=O)NCc2ccncc2)[C@]1(C)O. The third kappa shape index (κ3) is 12.6. The molecule has 0 spiro atoms. The number of alkyl carbamates (subject to hydrolysis) is 1. The summed E-state index contributed by atoms with van der Waals surface area (Å²) in [5.41, 5.74) is -3.79. The number of ether oxygens (including phenoxy) is 7. The first-order valence-electron chi connectivity index (χ1n) is 21.9. The Hall–Kier alpha value is -2.55. The first-order chi connectivity index (χ1) is 28.4. The van der Waals surface area contributed by atoms with Crippen LogP contribution in [-0.4, -0.2) is 160 Å². The van der Waals surface area contributed by atoms with Gasteiger partial charge in [0, 0.05) is 50.5 Å². The zero-order valence-electron chi connectivity index (χ0n) is 38.6. The largest absolute Gasteiger partial charge is 0.459 e. The second-order valence-corrected chi connectivity index (χ2v) is 18.8. The second kappa shape index (κ2) is 21.4. The van der Waals surface area contributed by atoms with E-state index in [9.17, 15) is 30.0 Å². The first-order valence-corrected chi connectivity index (χ1v) is 21.9. The van der Waals surface area contributed by atoms with Gasteiger partial charge in [0.1, 0.15) is 23.9 Å². The molecule has 350 valence electrons. The van der Waals surface area contributed by atoms with Crippen molar-refractivity contribution in [3.05, 3.63) is 30.1 Å². The van der Waals surface area contributed by atoms with Gasteiger partial charge in [-0.05, 0) is 112 Å². The van der Waals surface area contributed by atoms with Crippen molar-refractivity contribution in [1.82, 2.24) is 20.5 Å². The number of esters is 1. The molecule has 6 N–H and O–H groups in total. The molecule has 4 rings (SSSR count). The number of hydrogen-bond donors (Lipinski definition) is 6. The minimum Gasteiger partial charge on any atom is -0.459 e. The maximum atomic E-state index is 14.6. The minimum atomic E-state index is -1.90. The maximum Gasteiger partial charge on any atom is 0.407 e. The fraction of sp³-hybridized carbons (Fsp3) is 0.841. The van der Waals surface area contributed by atoms with Gasteiger partial charge in [-0.2, -0.15) is 0 Å². The normalized spacial score (nSPS) is 43.4. The molecular weight excluding hydrogens is 792 g/mol. The van der Waals surface area contributed by atoms with Gasteiger partial charge in [-0.15, -0.1) is 0 Å². The van der Waals surface area contributed by atoms with Crippen molar-refractivity contribution >= 4 is 12.1 Å². The lowest BCUT2D eigenvalue weighted by atomic mass is 9.77. The summed E-state index contributed by atoms with van der Waals surface area (Å²) in [7, 11) is 5.25. The van der Waals surface area contributed by atoms with E-state index in [1.54, 1.807) is 73.0 Å². The van der Waals surface area contributed by atoms with E-state index in [0.29, 0.717) is 13.0 Å². The summed E-state index contributed by atoms with van der Waals surface area (Å²) in [4.78, 5) is 33.8. The first kappa shape index (κ1) is 51.1. The summed E-state index contributed by atoms with van der Waals surface area (Å²) in [6.45, 7) is 17.9. The van der Waals surface area contributed by atoms with Crippen LogP contribution >= 0.6 is 0 Å². The molecule has 0 bridgehead atoms. The number of amides is 1. The van der Waals surface area contributed by atoms with E-state index in [2.05, 4.69) is 15.6 Å². The number of rotatable bonds is 10. The fourth-order valence-electron chi connectivity index (χ4n) is 9.40. The highest BCUT2D eigenvalue weighted by molar-refractivity contribution is 5.73. The summed E-state index contributed by atoms with van der Waals surface area (Å²) in [5.74, 6) is -2.84. The van der Waals surface area contributed by atoms with Crippen molar-refractivity contribution in [1.29, 1.82) is 0 Å². The number of cyclic esters (lactones) is 1. The average Bonchev–Trinajstić information content (AvgIpc) is 3.20. The zero-order chi connectivity index (χ0) is 45.6. The van der Waals surface area contributed by atoms with Crippen LogP contribution < -0.4 is 10.6 Å². The summed E-state index contributed by atoms with van der Waals surface area (Å²) in [5, 5.41) is 53.8. The van der Waals surface area contributed by atoms with Crippen LogP contribution in [0.25, 0.3) is 0 Å². The number of likely N-dealkylation sites (N-methyl/N-ethyl adjacent to an activating group) is 1. The smallest absolute Gasteiger partial charge is 0.407 e. The van der Waals surface area contributed by atoms with E-state index < -0.39 is 102 Å². The minimum absolute atomic E-state index is 0.101. The molecule has 1 aromatic rings. The van der Waals surface area contributed by atoms with Crippen molar-refractivity contribution in [3.63, 3.8) is 0 Å². The molecule has 3 aliphatic heterocycles. The number of nitrogens with one attached hydrogen (secondary N) is 2. The number of methoxy groups -OCH3 is 1. The zero-order valence-corrected chi connectivity index (χ0v) is 38.6. The fourth-order valence-corrected chi connectivity index (χ4v) is 9.40. The quantitative estimate of drug-likeness (QED) is 0.186. The van der Waals surface area contributed by atoms with Gasteiger partial charge in [-0.3, -0.25) is 9.78 Å². The lowest BCUT2D eigenvalue weighted by Gasteiger charge is -2.48. The van der Waals surface area contributed by atoms with E-state index in [1.165, 1.54) is 14.0 Å². The van der Waals surface area contributed by atoms with Crippen LogP contribution in [0.15, 0.2) is 24.5 Å². The number of nitrogens with zero attached hydrogens (tertiary/aromatic N) is 2.